The van der Waals surface area contributed by atoms with Crippen LogP contribution in [-0.4, -0.2) is 46.8 Å². The number of hydrogen-bond acceptors (Lipinski definition) is 4. The molecule has 0 aliphatic carbocycles. The van der Waals surface area contributed by atoms with Crippen LogP contribution in [0.25, 0.3) is 16.7 Å². The second-order valence-corrected chi connectivity index (χ2v) is 7.62. The number of nitrogens with zero attached hydrogens (tertiary/aromatic N) is 3. The molecule has 4 rings (SSSR count). The first-order valence-corrected chi connectivity index (χ1v) is 10.0. The number of nitrogens with one attached hydrogen (secondary N) is 2. The van der Waals surface area contributed by atoms with Crippen molar-refractivity contribution in [3.8, 4) is 5.69 Å². The number of rotatable bonds is 4. The zero-order valence-electron chi connectivity index (χ0n) is 17.7. The van der Waals surface area contributed by atoms with E-state index in [0.29, 0.717) is 29.8 Å². The molecule has 0 unspecified atom stereocenters. The van der Waals surface area contributed by atoms with Gasteiger partial charge in [0, 0.05) is 31.4 Å². The van der Waals surface area contributed by atoms with Crippen molar-refractivity contribution >= 4 is 28.8 Å². The lowest BCUT2D eigenvalue weighted by atomic mass is 10.1. The highest BCUT2D eigenvalue weighted by Gasteiger charge is 2.37. The smallest absolute Gasteiger partial charge is 0.340 e. The third-order valence-electron chi connectivity index (χ3n) is 5.28. The first kappa shape index (κ1) is 24.0. The highest BCUT2D eigenvalue weighted by Crippen LogP contribution is 2.26. The van der Waals surface area contributed by atoms with E-state index < -0.39 is 63.9 Å². The van der Waals surface area contributed by atoms with E-state index in [1.807, 2.05) is 0 Å². The number of halogens is 6. The second kappa shape index (κ2) is 8.60. The lowest BCUT2D eigenvalue weighted by Gasteiger charge is -2.19. The van der Waals surface area contributed by atoms with E-state index in [2.05, 4.69) is 10.3 Å². The molecule has 3 amide bonds. The van der Waals surface area contributed by atoms with Gasteiger partial charge in [-0.2, -0.15) is 13.2 Å². The molecule has 0 saturated carbocycles. The molecule has 1 saturated heterocycles. The van der Waals surface area contributed by atoms with Gasteiger partial charge in [0.15, 0.2) is 17.3 Å². The number of pyridine rings is 2. The zero-order chi connectivity index (χ0) is 25.7. The molecule has 3 aromatic rings. The fraction of sp³-hybridized carbons (Fsp3) is 0.238. The molecular weight excluding hydrogens is 484 g/mol. The molecule has 1 aliphatic rings. The van der Waals surface area contributed by atoms with Crippen molar-refractivity contribution in [1.82, 2.24) is 20.2 Å². The fourth-order valence-corrected chi connectivity index (χ4v) is 3.49. The van der Waals surface area contributed by atoms with E-state index in [0.717, 1.165) is 6.07 Å². The third kappa shape index (κ3) is 4.38. The lowest BCUT2D eigenvalue weighted by molar-refractivity contribution is -0.149. The minimum Gasteiger partial charge on any atom is -0.340 e. The molecule has 0 bridgehead atoms. The Balaban J connectivity index is 1.98. The van der Waals surface area contributed by atoms with Crippen LogP contribution in [0, 0.1) is 17.5 Å². The molecule has 0 spiro atoms. The number of fused-ring (bicyclic) bond motifs is 1. The van der Waals surface area contributed by atoms with Gasteiger partial charge in [-0.05, 0) is 19.1 Å². The maximum atomic E-state index is 14.7. The van der Waals surface area contributed by atoms with Gasteiger partial charge < -0.3 is 10.6 Å². The van der Waals surface area contributed by atoms with Gasteiger partial charge in [0.2, 0.25) is 5.43 Å². The van der Waals surface area contributed by atoms with Crippen molar-refractivity contribution in [3.63, 3.8) is 0 Å². The summed E-state index contributed by atoms with van der Waals surface area (Å²) in [5.74, 6) is -5.59. The van der Waals surface area contributed by atoms with E-state index in [4.69, 9.17) is 0 Å². The number of benzene rings is 1. The van der Waals surface area contributed by atoms with Crippen molar-refractivity contribution in [2.75, 3.05) is 18.0 Å². The maximum absolute atomic E-state index is 14.7. The first-order chi connectivity index (χ1) is 16.4. The predicted octanol–water partition coefficient (Wildman–Crippen LogP) is 3.01. The average molecular weight is 499 g/mol. The van der Waals surface area contributed by atoms with Crippen LogP contribution in [0.4, 0.5) is 37.0 Å². The number of carbonyl (C=O) groups is 2. The summed E-state index contributed by atoms with van der Waals surface area (Å²) in [4.78, 5) is 42.8. The topological polar surface area (TPSA) is 96.3 Å². The largest absolute Gasteiger partial charge is 0.408 e. The van der Waals surface area contributed by atoms with Gasteiger partial charge in [0.25, 0.3) is 5.91 Å². The SMILES string of the molecule is C[C@H](NC(=O)c1cn(-c2c(F)cc(F)cc2F)c2nc(N3CCNC3=O)ccc2c1=O)C(F)(F)F. The Morgan fingerprint density at radius 3 is 2.37 bits per heavy atom. The Kier molecular flexibility index (Phi) is 5.90. The van der Waals surface area contributed by atoms with Gasteiger partial charge in [-0.25, -0.2) is 22.9 Å². The number of anilines is 1. The van der Waals surface area contributed by atoms with Gasteiger partial charge >= 0.3 is 12.2 Å². The fourth-order valence-electron chi connectivity index (χ4n) is 3.49. The van der Waals surface area contributed by atoms with Crippen LogP contribution in [0.2, 0.25) is 0 Å². The highest BCUT2D eigenvalue weighted by atomic mass is 19.4. The Bertz CT molecular complexity index is 1400. The Morgan fingerprint density at radius 2 is 1.80 bits per heavy atom. The number of carbonyl (C=O) groups excluding carboxylic acids is 2. The predicted molar refractivity (Wildman–Crippen MR) is 111 cm³/mol. The summed E-state index contributed by atoms with van der Waals surface area (Å²) < 4.78 is 82.2. The van der Waals surface area contributed by atoms with Crippen LogP contribution in [0.3, 0.4) is 0 Å². The molecule has 14 heteroatoms. The highest BCUT2D eigenvalue weighted by molar-refractivity contribution is 5.98. The number of urea groups is 1. The lowest BCUT2D eigenvalue weighted by Crippen LogP contribution is -2.44. The van der Waals surface area contributed by atoms with Gasteiger partial charge in [-0.3, -0.25) is 19.1 Å². The normalized spacial score (nSPS) is 14.8. The summed E-state index contributed by atoms with van der Waals surface area (Å²) >= 11 is 0. The standard InChI is InChI=1S/C21H15F6N5O3/c1-9(21(25,26)27)29-19(34)12-8-32(16-13(23)6-10(22)7-14(16)24)18-11(17(12)33)2-3-15(30-18)31-5-4-28-20(31)35/h2-3,6-9H,4-5H2,1H3,(H,28,35)(H,29,34)/t9-/m0/s1. The molecule has 1 fully saturated rings. The number of amides is 3. The second-order valence-electron chi connectivity index (χ2n) is 7.62. The van der Waals surface area contributed by atoms with Crippen molar-refractivity contribution in [1.29, 1.82) is 0 Å². The molecule has 35 heavy (non-hydrogen) atoms. The number of aromatic nitrogens is 2. The summed E-state index contributed by atoms with van der Waals surface area (Å²) in [7, 11) is 0. The number of hydrogen-bond donors (Lipinski definition) is 2. The van der Waals surface area contributed by atoms with Gasteiger partial charge in [0.1, 0.15) is 28.9 Å². The summed E-state index contributed by atoms with van der Waals surface area (Å²) in [6, 6.07) is 0.160. The molecule has 1 atom stereocenters. The average Bonchev–Trinajstić information content (AvgIpc) is 3.19. The molecule has 184 valence electrons. The van der Waals surface area contributed by atoms with E-state index in [1.54, 1.807) is 5.32 Å². The van der Waals surface area contributed by atoms with Crippen LogP contribution in [0.5, 0.6) is 0 Å². The third-order valence-corrected chi connectivity index (χ3v) is 5.28. The summed E-state index contributed by atoms with van der Waals surface area (Å²) in [5.41, 5.74) is -3.30. The summed E-state index contributed by atoms with van der Waals surface area (Å²) in [6.07, 6.45) is -4.21. The van der Waals surface area contributed by atoms with E-state index in [9.17, 15) is 40.7 Å². The van der Waals surface area contributed by atoms with Gasteiger partial charge in [-0.1, -0.05) is 0 Å². The molecule has 8 nitrogen and oxygen atoms in total. The maximum Gasteiger partial charge on any atom is 0.408 e. The van der Waals surface area contributed by atoms with Crippen LogP contribution in [-0.2, 0) is 0 Å². The van der Waals surface area contributed by atoms with Crippen molar-refractivity contribution < 1.29 is 35.9 Å². The Hall–Kier alpha value is -4.10. The molecule has 2 aromatic heterocycles. The minimum absolute atomic E-state index is 0.00790. The van der Waals surface area contributed by atoms with Crippen LogP contribution >= 0.6 is 0 Å². The summed E-state index contributed by atoms with van der Waals surface area (Å²) in [5, 5.41) is 3.75. The summed E-state index contributed by atoms with van der Waals surface area (Å²) in [6.45, 7) is 1.12. The molecule has 0 radical (unpaired) electrons. The molecular formula is C21H15F6N5O3. The van der Waals surface area contributed by atoms with Crippen molar-refractivity contribution in [3.05, 3.63) is 63.7 Å². The first-order valence-electron chi connectivity index (χ1n) is 10.0. The molecule has 2 N–H and O–H groups in total. The quantitative estimate of drug-likeness (QED) is 0.540. The van der Waals surface area contributed by atoms with E-state index >= 15 is 0 Å². The van der Waals surface area contributed by atoms with Crippen LogP contribution in [0.15, 0.2) is 35.3 Å². The minimum atomic E-state index is -4.83. The zero-order valence-corrected chi connectivity index (χ0v) is 17.7. The monoisotopic (exact) mass is 499 g/mol. The molecule has 1 aliphatic heterocycles. The van der Waals surface area contributed by atoms with E-state index in [-0.39, 0.29) is 24.3 Å². The number of alkyl halides is 3. The van der Waals surface area contributed by atoms with Crippen LogP contribution < -0.4 is 21.0 Å². The Morgan fingerprint density at radius 1 is 1.14 bits per heavy atom. The van der Waals surface area contributed by atoms with E-state index in [1.165, 1.54) is 11.0 Å². The van der Waals surface area contributed by atoms with Crippen LogP contribution in [0.1, 0.15) is 17.3 Å². The Labute approximate surface area is 192 Å². The van der Waals surface area contributed by atoms with Crippen molar-refractivity contribution in [2.24, 2.45) is 0 Å². The van der Waals surface area contributed by atoms with Gasteiger partial charge in [-0.15, -0.1) is 0 Å². The molecule has 1 aromatic carbocycles. The van der Waals surface area contributed by atoms with Gasteiger partial charge in [0.05, 0.1) is 5.39 Å². The van der Waals surface area contributed by atoms with Crippen molar-refractivity contribution in [2.45, 2.75) is 19.1 Å². The molecule has 3 heterocycles.